The Morgan fingerprint density at radius 1 is 1.36 bits per heavy atom. The highest BCUT2D eigenvalue weighted by Gasteiger charge is 2.20. The van der Waals surface area contributed by atoms with E-state index in [2.05, 4.69) is 29.9 Å². The average Bonchev–Trinajstić information content (AvgIpc) is 2.19. The molecule has 0 spiro atoms. The summed E-state index contributed by atoms with van der Waals surface area (Å²) >= 11 is 0. The van der Waals surface area contributed by atoms with Gasteiger partial charge in [0.15, 0.2) is 0 Å². The second-order valence-electron chi connectivity index (χ2n) is 3.22. The predicted molar refractivity (Wildman–Crippen MR) is 70.9 cm³/mol. The van der Waals surface area contributed by atoms with Gasteiger partial charge in [0.2, 0.25) is 0 Å². The number of hydrogen-bond donors (Lipinski definition) is 0. The van der Waals surface area contributed by atoms with Crippen molar-refractivity contribution in [2.24, 2.45) is 0 Å². The van der Waals surface area contributed by atoms with E-state index >= 15 is 0 Å². The first-order chi connectivity index (χ1) is 6.61. The van der Waals surface area contributed by atoms with Crippen LogP contribution >= 0.6 is 0 Å². The van der Waals surface area contributed by atoms with E-state index in [9.17, 15) is 0 Å². The molecule has 1 rings (SSSR count). The fourth-order valence-corrected chi connectivity index (χ4v) is 1.66. The molecule has 0 aromatic rings. The smallest absolute Gasteiger partial charge is 0.0902 e. The molecule has 2 heteroatoms. The van der Waals surface area contributed by atoms with Crippen molar-refractivity contribution in [1.82, 2.24) is 0 Å². The minimum absolute atomic E-state index is 0.0313. The Morgan fingerprint density at radius 2 is 1.93 bits per heavy atom. The molecule has 1 aliphatic carbocycles. The molecular weight excluding hydrogens is 200 g/mol. The van der Waals surface area contributed by atoms with Crippen molar-refractivity contribution in [3.8, 4) is 36.7 Å². The summed E-state index contributed by atoms with van der Waals surface area (Å²) in [7, 11) is 1.86. The zero-order valence-corrected chi connectivity index (χ0v) is 12.7. The maximum absolute atomic E-state index is 5.39. The van der Waals surface area contributed by atoms with Gasteiger partial charge in [0.1, 0.15) is 0 Å². The van der Waals surface area contributed by atoms with Gasteiger partial charge in [-0.05, 0) is 6.42 Å². The summed E-state index contributed by atoms with van der Waals surface area (Å²) in [5, 5.41) is -0.0313. The van der Waals surface area contributed by atoms with E-state index in [0.717, 1.165) is 32.5 Å². The number of terminal acetylenes is 3. The predicted octanol–water partition coefficient (Wildman–Crippen LogP) is -0.394. The Kier molecular flexibility index (Phi) is 5.50. The zero-order chi connectivity index (χ0) is 11.0. The van der Waals surface area contributed by atoms with Gasteiger partial charge in [-0.2, -0.15) is 0 Å². The largest absolute Gasteiger partial charge is 0.147 e. The fourth-order valence-electron chi connectivity index (χ4n) is 1.09. The zero-order valence-electron chi connectivity index (χ0n) is 8.67. The van der Waals surface area contributed by atoms with Crippen molar-refractivity contribution < 1.29 is 0 Å². The van der Waals surface area contributed by atoms with E-state index in [1.54, 1.807) is 0 Å². The van der Waals surface area contributed by atoms with Crippen molar-refractivity contribution in [2.45, 2.75) is 11.5 Å². The monoisotopic (exact) mass is 214 g/mol. The summed E-state index contributed by atoms with van der Waals surface area (Å²) in [4.78, 5) is 0. The quantitative estimate of drug-likeness (QED) is 0.380. The van der Waals surface area contributed by atoms with Crippen molar-refractivity contribution in [2.75, 3.05) is 0 Å². The molecule has 14 heavy (non-hydrogen) atoms. The summed E-state index contributed by atoms with van der Waals surface area (Å²) in [5.41, 5.74) is 3.40. The molecule has 0 bridgehead atoms. The molecule has 0 fully saturated rings. The highest BCUT2D eigenvalue weighted by Crippen LogP contribution is 2.33. The summed E-state index contributed by atoms with van der Waals surface area (Å²) in [6.07, 6.45) is 22.2. The van der Waals surface area contributed by atoms with E-state index in [0.29, 0.717) is 0 Å². The molecule has 0 N–H and O–H groups in total. The van der Waals surface area contributed by atoms with Crippen molar-refractivity contribution >= 4 is 20.5 Å². The molecule has 70 valence electrons. The second kappa shape index (κ2) is 6.11. The maximum atomic E-state index is 5.39. The Balaban J connectivity index is 0.000000500. The molecule has 1 unspecified atom stereocenters. The van der Waals surface area contributed by atoms with Gasteiger partial charge < -0.3 is 0 Å². The third-order valence-electron chi connectivity index (χ3n) is 1.83. The van der Waals surface area contributed by atoms with Crippen LogP contribution in [0.15, 0.2) is 23.8 Å². The van der Waals surface area contributed by atoms with Crippen LogP contribution in [0.5, 0.6) is 0 Å². The summed E-state index contributed by atoms with van der Waals surface area (Å²) < 4.78 is 0. The summed E-state index contributed by atoms with van der Waals surface area (Å²) in [5.74, 6) is 5.41. The Labute approximate surface area is 92.7 Å². The summed E-state index contributed by atoms with van der Waals surface area (Å²) in [6, 6.07) is 0. The normalized spacial score (nSPS) is 23.4. The highest BCUT2D eigenvalue weighted by atomic mass is 28.1. The fraction of sp³-hybridized carbons (Fsp3) is 0.167. The van der Waals surface area contributed by atoms with E-state index < -0.39 is 0 Å². The van der Waals surface area contributed by atoms with Crippen LogP contribution in [0.1, 0.15) is 6.42 Å². The first kappa shape index (κ1) is 12.6. The van der Waals surface area contributed by atoms with E-state index in [1.165, 1.54) is 0 Å². The van der Waals surface area contributed by atoms with Crippen LogP contribution in [0.2, 0.25) is 5.04 Å². The molecule has 0 saturated carbocycles. The van der Waals surface area contributed by atoms with Crippen molar-refractivity contribution in [3.05, 3.63) is 23.8 Å². The molecule has 0 nitrogen and oxygen atoms in total. The lowest BCUT2D eigenvalue weighted by Gasteiger charge is -2.21. The standard InChI is InChI=1S/C10H10Si.C2H4Si/c1-3-9-6-5-7-10(11,4-2)8-9;1-2-3/h1-2,5-7H,8H2,11H3;1H,3H3. The van der Waals surface area contributed by atoms with E-state index in [4.69, 9.17) is 12.8 Å². The lowest BCUT2D eigenvalue weighted by atomic mass is 9.94. The molecule has 0 radical (unpaired) electrons. The van der Waals surface area contributed by atoms with Gasteiger partial charge >= 0.3 is 0 Å². The van der Waals surface area contributed by atoms with Crippen LogP contribution in [-0.2, 0) is 0 Å². The molecule has 0 aromatic heterocycles. The number of hydrogen-bond acceptors (Lipinski definition) is 0. The maximum Gasteiger partial charge on any atom is 0.0902 e. The van der Waals surface area contributed by atoms with Gasteiger partial charge in [0.05, 0.1) is 10.2 Å². The van der Waals surface area contributed by atoms with Crippen LogP contribution in [0.4, 0.5) is 0 Å². The Hall–Kier alpha value is -1.41. The molecule has 1 atom stereocenters. The third-order valence-corrected chi connectivity index (χ3v) is 2.81. The summed E-state index contributed by atoms with van der Waals surface area (Å²) in [6.45, 7) is 0. The Bertz CT molecular complexity index is 369. The van der Waals surface area contributed by atoms with Gasteiger partial charge in [-0.15, -0.1) is 24.8 Å². The van der Waals surface area contributed by atoms with Gasteiger partial charge in [-0.1, -0.05) is 30.1 Å². The van der Waals surface area contributed by atoms with Gasteiger partial charge in [-0.25, -0.2) is 0 Å². The molecule has 0 aliphatic heterocycles. The molecular formula is C12H14Si2. The average molecular weight is 214 g/mol. The topological polar surface area (TPSA) is 0 Å². The third kappa shape index (κ3) is 4.01. The van der Waals surface area contributed by atoms with Crippen molar-refractivity contribution in [3.63, 3.8) is 0 Å². The van der Waals surface area contributed by atoms with Crippen LogP contribution in [0, 0.1) is 36.7 Å². The van der Waals surface area contributed by atoms with E-state index in [-0.39, 0.29) is 5.04 Å². The molecule has 0 heterocycles. The lowest BCUT2D eigenvalue weighted by molar-refractivity contribution is 0.856. The molecule has 0 saturated heterocycles. The van der Waals surface area contributed by atoms with Crippen LogP contribution in [0.25, 0.3) is 0 Å². The molecule has 0 amide bonds. The van der Waals surface area contributed by atoms with Crippen molar-refractivity contribution in [1.29, 1.82) is 0 Å². The SMILES string of the molecule is C#CC1=CC=CC([SiH3])(C#C)C1.C#C[SiH3]. The van der Waals surface area contributed by atoms with Crippen LogP contribution in [0.3, 0.4) is 0 Å². The van der Waals surface area contributed by atoms with Crippen LogP contribution in [-0.4, -0.2) is 20.5 Å². The highest BCUT2D eigenvalue weighted by molar-refractivity contribution is 6.21. The van der Waals surface area contributed by atoms with Gasteiger partial charge in [0, 0.05) is 20.9 Å². The minimum atomic E-state index is -0.0313. The van der Waals surface area contributed by atoms with E-state index in [1.807, 2.05) is 12.2 Å². The first-order valence-electron chi connectivity index (χ1n) is 4.32. The second-order valence-corrected chi connectivity index (χ2v) is 5.58. The Morgan fingerprint density at radius 3 is 2.36 bits per heavy atom. The van der Waals surface area contributed by atoms with Gasteiger partial charge in [0.25, 0.3) is 0 Å². The lowest BCUT2D eigenvalue weighted by Crippen LogP contribution is -2.09. The van der Waals surface area contributed by atoms with Gasteiger partial charge in [-0.3, -0.25) is 0 Å². The van der Waals surface area contributed by atoms with Crippen LogP contribution < -0.4 is 0 Å². The molecule has 0 aromatic carbocycles. The molecule has 1 aliphatic rings. The number of rotatable bonds is 0. The minimum Gasteiger partial charge on any atom is -0.147 e. The first-order valence-corrected chi connectivity index (χ1v) is 6.32. The number of allylic oxidation sites excluding steroid dienone is 4.